The van der Waals surface area contributed by atoms with Gasteiger partial charge in [0, 0.05) is 12.3 Å². The van der Waals surface area contributed by atoms with E-state index in [0.29, 0.717) is 0 Å². The number of rotatable bonds is 7. The summed E-state index contributed by atoms with van der Waals surface area (Å²) in [5, 5.41) is 28.8. The van der Waals surface area contributed by atoms with Crippen molar-refractivity contribution in [3.63, 3.8) is 0 Å². The molecule has 39 heavy (non-hydrogen) atoms. The fourth-order valence-electron chi connectivity index (χ4n) is 3.34. The predicted molar refractivity (Wildman–Crippen MR) is 137 cm³/mol. The predicted octanol–water partition coefficient (Wildman–Crippen LogP) is -5.06. The van der Waals surface area contributed by atoms with Crippen LogP contribution in [0.3, 0.4) is 0 Å². The number of aliphatic carboxylic acids is 1. The van der Waals surface area contributed by atoms with E-state index in [2.05, 4.69) is 54.5 Å². The third kappa shape index (κ3) is 10.8. The van der Waals surface area contributed by atoms with Crippen molar-refractivity contribution in [2.24, 2.45) is 16.5 Å². The molecule has 0 unspecified atom stereocenters. The van der Waals surface area contributed by atoms with Crippen molar-refractivity contribution in [3.05, 3.63) is 11.9 Å². The lowest BCUT2D eigenvalue weighted by Crippen LogP contribution is -2.56. The van der Waals surface area contributed by atoms with Crippen LogP contribution in [-0.2, 0) is 41.9 Å². The Morgan fingerprint density at radius 2 is 1.67 bits per heavy atom. The van der Waals surface area contributed by atoms with Crippen molar-refractivity contribution in [1.82, 2.24) is 41.6 Å². The van der Waals surface area contributed by atoms with Gasteiger partial charge in [-0.25, -0.2) is 4.68 Å². The standard InChI is InChI=1S/C20H31N11O7S/c21-20(22)23-3-1-2-11-17(36)25-6-14(32)26-12(4-16(34)35)18(37)24-5-10-7-31(30-29-10)8-15(33)27-13(9-39)19(38)28-11/h7,11-13,39H,1-6,8-9H2,(H,24,37)(H,25,36)(H,26,32)(H,27,33)(H,28,38)(H,34,35)(H4,21,22,23)/t11-,12-,13+/m1/s1. The SMILES string of the molecule is NC(N)=NCCC[C@H]1NC(=O)[C@H](CS)NC(=O)Cn2cc(nn2)CNC(=O)[C@@H](CC(=O)O)NC(=O)CNC1=O. The van der Waals surface area contributed by atoms with Crippen molar-refractivity contribution in [2.45, 2.75) is 50.5 Å². The van der Waals surface area contributed by atoms with E-state index in [9.17, 15) is 28.8 Å². The second-order valence-electron chi connectivity index (χ2n) is 8.37. The Morgan fingerprint density at radius 1 is 1.00 bits per heavy atom. The summed E-state index contributed by atoms with van der Waals surface area (Å²) in [6, 6.07) is -3.73. The number of guanidine groups is 1. The highest BCUT2D eigenvalue weighted by molar-refractivity contribution is 7.80. The summed E-state index contributed by atoms with van der Waals surface area (Å²) in [5.74, 6) is -5.33. The molecule has 2 heterocycles. The lowest BCUT2D eigenvalue weighted by atomic mass is 10.1. The first-order valence-electron chi connectivity index (χ1n) is 11.7. The van der Waals surface area contributed by atoms with Gasteiger partial charge in [-0.05, 0) is 12.8 Å². The maximum absolute atomic E-state index is 12.9. The van der Waals surface area contributed by atoms with Crippen LogP contribution in [0.4, 0.5) is 0 Å². The maximum Gasteiger partial charge on any atom is 0.305 e. The summed E-state index contributed by atoms with van der Waals surface area (Å²) >= 11 is 4.11. The molecule has 1 aliphatic heterocycles. The Labute approximate surface area is 227 Å². The Hall–Kier alpha value is -4.42. The number of hydrogen-bond donors (Lipinski definition) is 9. The number of fused-ring (bicyclic) bond motifs is 2. The summed E-state index contributed by atoms with van der Waals surface area (Å²) in [4.78, 5) is 78.2. The number of thiol groups is 1. The smallest absolute Gasteiger partial charge is 0.305 e. The lowest BCUT2D eigenvalue weighted by molar-refractivity contribution is -0.140. The van der Waals surface area contributed by atoms with Crippen LogP contribution in [0.2, 0.25) is 0 Å². The third-order valence-corrected chi connectivity index (χ3v) is 5.57. The molecule has 0 saturated heterocycles. The Morgan fingerprint density at radius 3 is 2.33 bits per heavy atom. The number of carbonyl (C=O) groups excluding carboxylic acids is 5. The number of nitrogens with zero attached hydrogens (tertiary/aromatic N) is 4. The normalized spacial score (nSPS) is 21.6. The first-order valence-corrected chi connectivity index (χ1v) is 12.3. The molecule has 0 aliphatic carbocycles. The summed E-state index contributed by atoms with van der Waals surface area (Å²) in [7, 11) is 0. The minimum absolute atomic E-state index is 0.0645. The monoisotopic (exact) mass is 569 g/mol. The summed E-state index contributed by atoms with van der Waals surface area (Å²) in [5.41, 5.74) is 10.8. The fraction of sp³-hybridized carbons (Fsp3) is 0.550. The number of nitrogens with two attached hydrogens (primary N) is 2. The number of hydrogen-bond acceptors (Lipinski definition) is 10. The van der Waals surface area contributed by atoms with Crippen LogP contribution in [0.15, 0.2) is 11.2 Å². The van der Waals surface area contributed by atoms with Gasteiger partial charge in [0.25, 0.3) is 0 Å². The molecule has 1 aliphatic rings. The van der Waals surface area contributed by atoms with Crippen molar-refractivity contribution >= 4 is 54.1 Å². The zero-order valence-electron chi connectivity index (χ0n) is 20.8. The molecule has 0 radical (unpaired) electrons. The molecule has 10 N–H and O–H groups in total. The van der Waals surface area contributed by atoms with E-state index in [1.807, 2.05) is 0 Å². The van der Waals surface area contributed by atoms with Gasteiger partial charge >= 0.3 is 5.97 Å². The van der Waals surface area contributed by atoms with E-state index in [4.69, 9.17) is 16.6 Å². The van der Waals surface area contributed by atoms with Crippen molar-refractivity contribution in [3.8, 4) is 0 Å². The highest BCUT2D eigenvalue weighted by atomic mass is 32.1. The van der Waals surface area contributed by atoms with Crippen molar-refractivity contribution in [1.29, 1.82) is 0 Å². The van der Waals surface area contributed by atoms with Gasteiger partial charge in [0.05, 0.1) is 25.7 Å². The van der Waals surface area contributed by atoms with Gasteiger partial charge in [0.1, 0.15) is 30.4 Å². The van der Waals surface area contributed by atoms with E-state index >= 15 is 0 Å². The number of carboxylic acid groups (broad SMARTS) is 1. The van der Waals surface area contributed by atoms with Gasteiger partial charge in [-0.1, -0.05) is 5.21 Å². The topological polar surface area (TPSA) is 278 Å². The van der Waals surface area contributed by atoms with Crippen LogP contribution < -0.4 is 38.1 Å². The summed E-state index contributed by atoms with van der Waals surface area (Å²) in [6.07, 6.45) is 0.974. The second-order valence-corrected chi connectivity index (χ2v) is 8.74. The molecule has 1 aromatic heterocycles. The largest absolute Gasteiger partial charge is 0.481 e. The Kier molecular flexibility index (Phi) is 11.9. The molecule has 214 valence electrons. The first kappa shape index (κ1) is 30.8. The highest BCUT2D eigenvalue weighted by Gasteiger charge is 2.28. The number of amides is 5. The minimum atomic E-state index is -1.46. The zero-order chi connectivity index (χ0) is 28.9. The van der Waals surface area contributed by atoms with Gasteiger partial charge in [-0.15, -0.1) is 5.10 Å². The first-order chi connectivity index (χ1) is 18.5. The molecule has 0 fully saturated rings. The Balaban J connectivity index is 2.27. The third-order valence-electron chi connectivity index (χ3n) is 5.20. The van der Waals surface area contributed by atoms with Crippen LogP contribution in [0.25, 0.3) is 0 Å². The molecule has 3 atom stereocenters. The molecule has 0 saturated carbocycles. The lowest BCUT2D eigenvalue weighted by Gasteiger charge is -2.22. The molecule has 0 spiro atoms. The molecular formula is C20H31N11O7S. The van der Waals surface area contributed by atoms with Gasteiger partial charge in [-0.3, -0.25) is 33.8 Å². The molecule has 18 nitrogen and oxygen atoms in total. The number of aliphatic imine (C=N–C) groups is 1. The van der Waals surface area contributed by atoms with E-state index < -0.39 is 66.6 Å². The van der Waals surface area contributed by atoms with Crippen LogP contribution >= 0.6 is 12.6 Å². The van der Waals surface area contributed by atoms with E-state index in [0.717, 1.165) is 4.68 Å². The summed E-state index contributed by atoms with van der Waals surface area (Å²) in [6.45, 7) is -0.963. The molecule has 5 amide bonds. The average Bonchev–Trinajstić information content (AvgIpc) is 3.31. The van der Waals surface area contributed by atoms with Crippen molar-refractivity contribution < 1.29 is 33.9 Å². The van der Waals surface area contributed by atoms with Crippen LogP contribution in [-0.4, -0.2) is 98.5 Å². The van der Waals surface area contributed by atoms with Gasteiger partial charge < -0.3 is 43.2 Å². The van der Waals surface area contributed by atoms with Crippen LogP contribution in [0.1, 0.15) is 25.0 Å². The molecule has 0 aromatic carbocycles. The zero-order valence-corrected chi connectivity index (χ0v) is 21.6. The molecule has 1 aromatic rings. The molecule has 2 rings (SSSR count). The fourth-order valence-corrected chi connectivity index (χ4v) is 3.60. The van der Waals surface area contributed by atoms with Gasteiger partial charge in [0.15, 0.2) is 5.96 Å². The van der Waals surface area contributed by atoms with Crippen molar-refractivity contribution in [2.75, 3.05) is 18.8 Å². The molecule has 19 heteroatoms. The molecule has 2 bridgehead atoms. The van der Waals surface area contributed by atoms with Crippen LogP contribution in [0.5, 0.6) is 0 Å². The van der Waals surface area contributed by atoms with E-state index in [1.54, 1.807) is 0 Å². The number of carbonyl (C=O) groups is 6. The quantitative estimate of drug-likeness (QED) is 0.0648. The summed E-state index contributed by atoms with van der Waals surface area (Å²) < 4.78 is 1.16. The number of carboxylic acids is 1. The van der Waals surface area contributed by atoms with Crippen LogP contribution in [0, 0.1) is 0 Å². The second kappa shape index (κ2) is 15.1. The maximum atomic E-state index is 12.9. The minimum Gasteiger partial charge on any atom is -0.481 e. The molecular weight excluding hydrogens is 538 g/mol. The van der Waals surface area contributed by atoms with E-state index in [-0.39, 0.29) is 49.9 Å². The van der Waals surface area contributed by atoms with Gasteiger partial charge in [-0.2, -0.15) is 12.6 Å². The average molecular weight is 570 g/mol. The Bertz CT molecular complexity index is 1110. The highest BCUT2D eigenvalue weighted by Crippen LogP contribution is 2.02. The number of nitrogens with one attached hydrogen (secondary N) is 5. The number of aromatic nitrogens is 3. The van der Waals surface area contributed by atoms with Gasteiger partial charge in [0.2, 0.25) is 29.5 Å². The van der Waals surface area contributed by atoms with E-state index in [1.165, 1.54) is 6.20 Å².